The largest absolute Gasteiger partial charge is 0.492 e. The number of likely N-dealkylation sites (N-methyl/N-ethyl adjacent to an activating group) is 1. The fraction of sp³-hybridized carbons (Fsp3) is 0.333. The summed E-state index contributed by atoms with van der Waals surface area (Å²) in [6, 6.07) is 14.1. The first-order valence-electron chi connectivity index (χ1n) is 7.74. The summed E-state index contributed by atoms with van der Waals surface area (Å²) in [6.07, 6.45) is 0. The molecule has 0 aliphatic heterocycles. The lowest BCUT2D eigenvalue weighted by Gasteiger charge is -2.17. The average Bonchev–Trinajstić information content (AvgIpc) is 2.55. The Hall–Kier alpha value is -1.56. The third kappa shape index (κ3) is 5.51. The molecule has 0 atom stereocenters. The maximum atomic E-state index is 12.3. The first-order valence-corrected chi connectivity index (χ1v) is 9.77. The Labute approximate surface area is 148 Å². The monoisotopic (exact) mass is 367 g/mol. The number of hydrogen-bond acceptors (Lipinski definition) is 4. The maximum Gasteiger partial charge on any atom is 0.179 e. The van der Waals surface area contributed by atoms with E-state index in [1.807, 2.05) is 43.1 Å². The molecule has 4 nitrogen and oxygen atoms in total. The number of benzene rings is 2. The van der Waals surface area contributed by atoms with Gasteiger partial charge in [-0.3, -0.25) is 0 Å². The minimum Gasteiger partial charge on any atom is -0.492 e. The number of para-hydroxylation sites is 1. The third-order valence-corrected chi connectivity index (χ3v) is 5.70. The van der Waals surface area contributed by atoms with Crippen molar-refractivity contribution >= 4 is 21.4 Å². The second kappa shape index (κ2) is 8.51. The van der Waals surface area contributed by atoms with Crippen molar-refractivity contribution in [2.45, 2.75) is 11.8 Å². The van der Waals surface area contributed by atoms with E-state index in [2.05, 4.69) is 0 Å². The molecule has 0 radical (unpaired) electrons. The molecule has 2 aromatic rings. The van der Waals surface area contributed by atoms with Crippen LogP contribution in [0.2, 0.25) is 5.02 Å². The van der Waals surface area contributed by atoms with Crippen LogP contribution in [0.4, 0.5) is 0 Å². The van der Waals surface area contributed by atoms with Crippen LogP contribution in [-0.4, -0.2) is 45.8 Å². The van der Waals surface area contributed by atoms with Crippen LogP contribution in [0, 0.1) is 6.92 Å². The Kier molecular flexibility index (Phi) is 6.66. The van der Waals surface area contributed by atoms with E-state index in [0.717, 1.165) is 11.3 Å². The van der Waals surface area contributed by atoms with E-state index >= 15 is 0 Å². The Bertz CT molecular complexity index is 760. The summed E-state index contributed by atoms with van der Waals surface area (Å²) in [5.41, 5.74) is 1.09. The number of rotatable bonds is 8. The van der Waals surface area contributed by atoms with Gasteiger partial charge in [-0.1, -0.05) is 29.8 Å². The molecule has 0 unspecified atom stereocenters. The van der Waals surface area contributed by atoms with Crippen molar-refractivity contribution in [3.63, 3.8) is 0 Å². The van der Waals surface area contributed by atoms with Gasteiger partial charge in [0.15, 0.2) is 9.84 Å². The highest BCUT2D eigenvalue weighted by Gasteiger charge is 2.15. The molecule has 0 heterocycles. The molecule has 0 saturated heterocycles. The summed E-state index contributed by atoms with van der Waals surface area (Å²) < 4.78 is 30.3. The van der Waals surface area contributed by atoms with Crippen LogP contribution in [0.3, 0.4) is 0 Å². The van der Waals surface area contributed by atoms with E-state index in [0.29, 0.717) is 29.6 Å². The first kappa shape index (κ1) is 18.8. The van der Waals surface area contributed by atoms with Gasteiger partial charge < -0.3 is 9.64 Å². The Balaban J connectivity index is 1.79. The number of hydrogen-bond donors (Lipinski definition) is 0. The number of halogens is 1. The van der Waals surface area contributed by atoms with Crippen molar-refractivity contribution in [3.8, 4) is 5.75 Å². The van der Waals surface area contributed by atoms with Crippen molar-refractivity contribution in [1.82, 2.24) is 4.90 Å². The highest BCUT2D eigenvalue weighted by atomic mass is 35.5. The third-order valence-electron chi connectivity index (χ3n) is 3.74. The molecule has 0 N–H and O–H groups in total. The molecule has 0 saturated carbocycles. The first-order chi connectivity index (χ1) is 11.4. The van der Waals surface area contributed by atoms with Crippen molar-refractivity contribution < 1.29 is 13.2 Å². The zero-order valence-electron chi connectivity index (χ0n) is 13.9. The van der Waals surface area contributed by atoms with Crippen LogP contribution < -0.4 is 4.74 Å². The topological polar surface area (TPSA) is 46.6 Å². The molecule has 24 heavy (non-hydrogen) atoms. The molecule has 0 aromatic heterocycles. The van der Waals surface area contributed by atoms with E-state index in [1.165, 1.54) is 0 Å². The predicted octanol–water partition coefficient (Wildman–Crippen LogP) is 3.43. The van der Waals surface area contributed by atoms with E-state index < -0.39 is 9.84 Å². The molecule has 2 rings (SSSR count). The lowest BCUT2D eigenvalue weighted by Crippen LogP contribution is -2.29. The molecule has 0 fully saturated rings. The SMILES string of the molecule is Cc1ccccc1OCCN(C)CCS(=O)(=O)c1ccc(Cl)cc1. The van der Waals surface area contributed by atoms with Crippen LogP contribution in [-0.2, 0) is 9.84 Å². The van der Waals surface area contributed by atoms with Crippen LogP contribution in [0.5, 0.6) is 5.75 Å². The minimum atomic E-state index is -3.30. The van der Waals surface area contributed by atoms with Crippen LogP contribution in [0.15, 0.2) is 53.4 Å². The predicted molar refractivity (Wildman–Crippen MR) is 97.7 cm³/mol. The van der Waals surface area contributed by atoms with Crippen LogP contribution in [0.25, 0.3) is 0 Å². The summed E-state index contributed by atoms with van der Waals surface area (Å²) in [5, 5.41) is 0.527. The second-order valence-corrected chi connectivity index (χ2v) is 8.24. The molecule has 0 aliphatic rings. The maximum absolute atomic E-state index is 12.3. The summed E-state index contributed by atoms with van der Waals surface area (Å²) >= 11 is 5.79. The number of nitrogens with zero attached hydrogens (tertiary/aromatic N) is 1. The molecular weight excluding hydrogens is 346 g/mol. The smallest absolute Gasteiger partial charge is 0.179 e. The molecule has 0 spiro atoms. The Morgan fingerprint density at radius 2 is 1.71 bits per heavy atom. The standard InChI is InChI=1S/C18H22ClNO3S/c1-15-5-3-4-6-18(15)23-13-11-20(2)12-14-24(21,22)17-9-7-16(19)8-10-17/h3-10H,11-14H2,1-2H3. The van der Waals surface area contributed by atoms with Gasteiger partial charge in [0.25, 0.3) is 0 Å². The molecule has 0 aliphatic carbocycles. The normalized spacial score (nSPS) is 11.7. The lowest BCUT2D eigenvalue weighted by atomic mass is 10.2. The van der Waals surface area contributed by atoms with Crippen molar-refractivity contribution in [3.05, 3.63) is 59.1 Å². The second-order valence-electron chi connectivity index (χ2n) is 5.69. The Morgan fingerprint density at radius 3 is 2.38 bits per heavy atom. The van der Waals surface area contributed by atoms with E-state index in [-0.39, 0.29) is 5.75 Å². The lowest BCUT2D eigenvalue weighted by molar-refractivity contribution is 0.243. The zero-order chi connectivity index (χ0) is 17.6. The van der Waals surface area contributed by atoms with E-state index in [1.54, 1.807) is 24.3 Å². The van der Waals surface area contributed by atoms with Crippen molar-refractivity contribution in [2.75, 3.05) is 32.5 Å². The average molecular weight is 368 g/mol. The molecule has 6 heteroatoms. The van der Waals surface area contributed by atoms with Gasteiger partial charge in [0.1, 0.15) is 12.4 Å². The minimum absolute atomic E-state index is 0.0650. The summed E-state index contributed by atoms with van der Waals surface area (Å²) in [7, 11) is -1.41. The van der Waals surface area contributed by atoms with E-state index in [9.17, 15) is 8.42 Å². The summed E-state index contributed by atoms with van der Waals surface area (Å²) in [6.45, 7) is 3.62. The molecule has 130 valence electrons. The van der Waals surface area contributed by atoms with E-state index in [4.69, 9.17) is 16.3 Å². The van der Waals surface area contributed by atoms with Gasteiger partial charge in [0, 0.05) is 18.1 Å². The Morgan fingerprint density at radius 1 is 1.04 bits per heavy atom. The van der Waals surface area contributed by atoms with Gasteiger partial charge in [-0.05, 0) is 49.9 Å². The fourth-order valence-corrected chi connectivity index (χ4v) is 3.64. The fourth-order valence-electron chi connectivity index (χ4n) is 2.18. The highest BCUT2D eigenvalue weighted by molar-refractivity contribution is 7.91. The van der Waals surface area contributed by atoms with Gasteiger partial charge in [0.05, 0.1) is 10.6 Å². The quantitative estimate of drug-likeness (QED) is 0.717. The van der Waals surface area contributed by atoms with Crippen LogP contribution in [0.1, 0.15) is 5.56 Å². The zero-order valence-corrected chi connectivity index (χ0v) is 15.5. The highest BCUT2D eigenvalue weighted by Crippen LogP contribution is 2.17. The number of ether oxygens (including phenoxy) is 1. The number of aryl methyl sites for hydroxylation is 1. The van der Waals surface area contributed by atoms with Crippen LogP contribution >= 0.6 is 11.6 Å². The van der Waals surface area contributed by atoms with Crippen molar-refractivity contribution in [1.29, 1.82) is 0 Å². The summed E-state index contributed by atoms with van der Waals surface area (Å²) in [4.78, 5) is 2.25. The summed E-state index contributed by atoms with van der Waals surface area (Å²) in [5.74, 6) is 0.926. The molecule has 2 aromatic carbocycles. The van der Waals surface area contributed by atoms with Gasteiger partial charge in [-0.2, -0.15) is 0 Å². The van der Waals surface area contributed by atoms with Gasteiger partial charge in [-0.15, -0.1) is 0 Å². The van der Waals surface area contributed by atoms with Crippen molar-refractivity contribution in [2.24, 2.45) is 0 Å². The molecule has 0 bridgehead atoms. The number of sulfone groups is 1. The molecule has 0 amide bonds. The van der Waals surface area contributed by atoms with Gasteiger partial charge >= 0.3 is 0 Å². The van der Waals surface area contributed by atoms with Gasteiger partial charge in [0.2, 0.25) is 0 Å². The van der Waals surface area contributed by atoms with Gasteiger partial charge in [-0.25, -0.2) is 8.42 Å². The molecular formula is C18H22ClNO3S.